The quantitative estimate of drug-likeness (QED) is 0.709. The zero-order chi connectivity index (χ0) is 14.5. The van der Waals surface area contributed by atoms with Crippen LogP contribution in [0, 0.1) is 0 Å². The molecular weight excluding hydrogens is 278 g/mol. The van der Waals surface area contributed by atoms with Crippen LogP contribution in [-0.2, 0) is 11.2 Å². The van der Waals surface area contributed by atoms with Gasteiger partial charge in [-0.2, -0.15) is 0 Å². The number of hydrogen-bond acceptors (Lipinski definition) is 3. The molecule has 21 heavy (non-hydrogen) atoms. The van der Waals surface area contributed by atoms with Gasteiger partial charge in [-0.3, -0.25) is 9.78 Å². The lowest BCUT2D eigenvalue weighted by Gasteiger charge is -2.16. The lowest BCUT2D eigenvalue weighted by molar-refractivity contribution is -0.119. The molecule has 0 N–H and O–H groups in total. The monoisotopic (exact) mass is 293 g/mol. The Hall–Kier alpha value is -2.26. The van der Waals surface area contributed by atoms with Crippen molar-refractivity contribution >= 4 is 17.1 Å². The van der Waals surface area contributed by atoms with Crippen LogP contribution in [0.4, 0.5) is 0 Å². The molecule has 104 valence electrons. The first kappa shape index (κ1) is 13.7. The number of Topliss-reactive ketones (excluding diaryl/α,β-unsaturated/α-hetero) is 1. The van der Waals surface area contributed by atoms with E-state index in [0.717, 1.165) is 16.0 Å². The summed E-state index contributed by atoms with van der Waals surface area (Å²) in [4.78, 5) is 17.8. The van der Waals surface area contributed by atoms with Gasteiger partial charge in [-0.25, -0.2) is 0 Å². The van der Waals surface area contributed by atoms with Crippen molar-refractivity contribution in [1.29, 1.82) is 0 Å². The molecule has 1 heterocycles. The second-order valence-electron chi connectivity index (χ2n) is 4.87. The Labute approximate surface area is 128 Å². The highest BCUT2D eigenvalue weighted by Crippen LogP contribution is 2.27. The molecule has 0 atom stereocenters. The van der Waals surface area contributed by atoms with Gasteiger partial charge in [0.1, 0.15) is 5.78 Å². The Morgan fingerprint density at radius 3 is 2.00 bits per heavy atom. The number of benzene rings is 2. The molecule has 0 aliphatic heterocycles. The van der Waals surface area contributed by atoms with Gasteiger partial charge in [0, 0.05) is 17.5 Å². The third-order valence-corrected chi connectivity index (χ3v) is 4.20. The first-order chi connectivity index (χ1) is 10.3. The van der Waals surface area contributed by atoms with E-state index in [0.29, 0.717) is 6.42 Å². The number of aromatic nitrogens is 1. The summed E-state index contributed by atoms with van der Waals surface area (Å²) >= 11 is 1.53. The summed E-state index contributed by atoms with van der Waals surface area (Å²) in [7, 11) is 0. The van der Waals surface area contributed by atoms with E-state index in [1.165, 1.54) is 11.3 Å². The van der Waals surface area contributed by atoms with Crippen LogP contribution in [0.25, 0.3) is 0 Å². The number of rotatable bonds is 5. The van der Waals surface area contributed by atoms with Crippen molar-refractivity contribution < 1.29 is 4.79 Å². The standard InChI is InChI=1S/C18H15NOS/c20-17(11-16-12-19-13-21-16)18(14-7-3-1-4-8-14)15-9-5-2-6-10-15/h1-10,12-13,18H,11H2. The van der Waals surface area contributed by atoms with Gasteiger partial charge in [-0.15, -0.1) is 11.3 Å². The minimum absolute atomic E-state index is 0.205. The molecule has 3 aromatic rings. The molecule has 0 saturated heterocycles. The van der Waals surface area contributed by atoms with E-state index in [1.807, 2.05) is 60.7 Å². The van der Waals surface area contributed by atoms with Crippen LogP contribution in [0.15, 0.2) is 72.4 Å². The molecule has 3 rings (SSSR count). The van der Waals surface area contributed by atoms with E-state index in [2.05, 4.69) is 4.98 Å². The number of hydrogen-bond donors (Lipinski definition) is 0. The van der Waals surface area contributed by atoms with Gasteiger partial charge in [-0.05, 0) is 11.1 Å². The van der Waals surface area contributed by atoms with Crippen molar-refractivity contribution in [2.45, 2.75) is 12.3 Å². The molecule has 0 spiro atoms. The molecule has 0 unspecified atom stereocenters. The van der Waals surface area contributed by atoms with E-state index >= 15 is 0 Å². The van der Waals surface area contributed by atoms with Gasteiger partial charge in [0.15, 0.2) is 0 Å². The van der Waals surface area contributed by atoms with Crippen LogP contribution in [-0.4, -0.2) is 10.8 Å². The summed E-state index contributed by atoms with van der Waals surface area (Å²) in [6.07, 6.45) is 2.20. The van der Waals surface area contributed by atoms with Crippen LogP contribution in [0.1, 0.15) is 21.9 Å². The Morgan fingerprint density at radius 2 is 1.52 bits per heavy atom. The van der Waals surface area contributed by atoms with Gasteiger partial charge in [0.2, 0.25) is 0 Å². The highest BCUT2D eigenvalue weighted by atomic mass is 32.1. The number of nitrogens with zero attached hydrogens (tertiary/aromatic N) is 1. The number of thiazole rings is 1. The van der Waals surface area contributed by atoms with Crippen LogP contribution in [0.2, 0.25) is 0 Å². The SMILES string of the molecule is O=C(Cc1cncs1)C(c1ccccc1)c1ccccc1. The molecule has 2 nitrogen and oxygen atoms in total. The average molecular weight is 293 g/mol. The zero-order valence-corrected chi connectivity index (χ0v) is 12.3. The molecule has 0 aliphatic carbocycles. The number of ketones is 1. The second kappa shape index (κ2) is 6.46. The Kier molecular flexibility index (Phi) is 4.22. The maximum absolute atomic E-state index is 12.8. The van der Waals surface area contributed by atoms with Gasteiger partial charge >= 0.3 is 0 Å². The Bertz CT molecular complexity index is 653. The Balaban J connectivity index is 1.95. The van der Waals surface area contributed by atoms with Gasteiger partial charge in [0.25, 0.3) is 0 Å². The van der Waals surface area contributed by atoms with Gasteiger partial charge < -0.3 is 0 Å². The molecule has 0 fully saturated rings. The van der Waals surface area contributed by atoms with Crippen LogP contribution in [0.3, 0.4) is 0 Å². The van der Waals surface area contributed by atoms with E-state index in [1.54, 1.807) is 11.7 Å². The highest BCUT2D eigenvalue weighted by Gasteiger charge is 2.22. The van der Waals surface area contributed by atoms with E-state index < -0.39 is 0 Å². The van der Waals surface area contributed by atoms with Crippen molar-refractivity contribution in [2.24, 2.45) is 0 Å². The largest absolute Gasteiger partial charge is 0.298 e. The van der Waals surface area contributed by atoms with Crippen molar-refractivity contribution in [1.82, 2.24) is 4.98 Å². The summed E-state index contributed by atoms with van der Waals surface area (Å²) in [5.74, 6) is -0.00819. The second-order valence-corrected chi connectivity index (χ2v) is 5.84. The van der Waals surface area contributed by atoms with Crippen molar-refractivity contribution in [3.8, 4) is 0 Å². The molecular formula is C18H15NOS. The van der Waals surface area contributed by atoms with Crippen LogP contribution < -0.4 is 0 Å². The lowest BCUT2D eigenvalue weighted by Crippen LogP contribution is -2.16. The molecule has 0 bridgehead atoms. The number of carbonyl (C=O) groups is 1. The fourth-order valence-corrected chi connectivity index (χ4v) is 3.06. The minimum Gasteiger partial charge on any atom is -0.298 e. The first-order valence-corrected chi connectivity index (χ1v) is 7.72. The van der Waals surface area contributed by atoms with Crippen molar-refractivity contribution in [3.05, 3.63) is 88.4 Å². The summed E-state index contributed by atoms with van der Waals surface area (Å²) < 4.78 is 0. The molecule has 0 aliphatic rings. The van der Waals surface area contributed by atoms with E-state index in [4.69, 9.17) is 0 Å². The molecule has 1 aromatic heterocycles. The van der Waals surface area contributed by atoms with E-state index in [-0.39, 0.29) is 11.7 Å². The van der Waals surface area contributed by atoms with Gasteiger partial charge in [0.05, 0.1) is 11.4 Å². The first-order valence-electron chi connectivity index (χ1n) is 6.84. The maximum Gasteiger partial charge on any atom is 0.149 e. The van der Waals surface area contributed by atoms with E-state index in [9.17, 15) is 4.79 Å². The van der Waals surface area contributed by atoms with Crippen molar-refractivity contribution in [2.75, 3.05) is 0 Å². The van der Waals surface area contributed by atoms with Crippen LogP contribution in [0.5, 0.6) is 0 Å². The predicted molar refractivity (Wildman–Crippen MR) is 85.6 cm³/mol. The summed E-state index contributed by atoms with van der Waals surface area (Å²) in [5.41, 5.74) is 3.85. The third kappa shape index (κ3) is 3.26. The number of carbonyl (C=O) groups excluding carboxylic acids is 1. The smallest absolute Gasteiger partial charge is 0.149 e. The molecule has 0 saturated carbocycles. The fourth-order valence-electron chi connectivity index (χ4n) is 2.46. The topological polar surface area (TPSA) is 30.0 Å². The molecule has 0 radical (unpaired) electrons. The molecule has 2 aromatic carbocycles. The minimum atomic E-state index is -0.213. The normalized spacial score (nSPS) is 10.7. The predicted octanol–water partition coefficient (Wildman–Crippen LogP) is 4.09. The lowest BCUT2D eigenvalue weighted by atomic mass is 9.86. The fraction of sp³-hybridized carbons (Fsp3) is 0.111. The highest BCUT2D eigenvalue weighted by molar-refractivity contribution is 7.09. The molecule has 3 heteroatoms. The Morgan fingerprint density at radius 1 is 0.952 bits per heavy atom. The molecule has 0 amide bonds. The maximum atomic E-state index is 12.8. The van der Waals surface area contributed by atoms with Gasteiger partial charge in [-0.1, -0.05) is 60.7 Å². The zero-order valence-electron chi connectivity index (χ0n) is 11.5. The summed E-state index contributed by atoms with van der Waals surface area (Å²) in [6.45, 7) is 0. The summed E-state index contributed by atoms with van der Waals surface area (Å²) in [6, 6.07) is 19.9. The van der Waals surface area contributed by atoms with Crippen LogP contribution >= 0.6 is 11.3 Å². The average Bonchev–Trinajstić information content (AvgIpc) is 3.02. The summed E-state index contributed by atoms with van der Waals surface area (Å²) in [5, 5.41) is 0. The van der Waals surface area contributed by atoms with Crippen molar-refractivity contribution in [3.63, 3.8) is 0 Å². The third-order valence-electron chi connectivity index (χ3n) is 3.42.